The molecular formula is C11H11Cl2N3O4S. The van der Waals surface area contributed by atoms with Crippen LogP contribution in [0.1, 0.15) is 6.42 Å². The van der Waals surface area contributed by atoms with Crippen molar-refractivity contribution in [3.05, 3.63) is 22.2 Å². The maximum absolute atomic E-state index is 11.4. The van der Waals surface area contributed by atoms with E-state index in [2.05, 4.69) is 5.32 Å². The lowest BCUT2D eigenvalue weighted by atomic mass is 10.3. The van der Waals surface area contributed by atoms with Crippen LogP contribution in [-0.2, 0) is 14.8 Å². The minimum absolute atomic E-state index is 0.0458. The predicted octanol–water partition coefficient (Wildman–Crippen LogP) is 1.05. The van der Waals surface area contributed by atoms with Crippen molar-refractivity contribution in [2.45, 2.75) is 11.3 Å². The molecule has 0 radical (unpaired) electrons. The lowest BCUT2D eigenvalue weighted by Gasteiger charge is -2.11. The first-order valence-corrected chi connectivity index (χ1v) is 7.85. The van der Waals surface area contributed by atoms with Crippen molar-refractivity contribution < 1.29 is 17.9 Å². The third kappa shape index (κ3) is 5.06. The predicted molar refractivity (Wildman–Crippen MR) is 76.6 cm³/mol. The Morgan fingerprint density at radius 1 is 1.38 bits per heavy atom. The van der Waals surface area contributed by atoms with Gasteiger partial charge in [0.05, 0.1) is 17.5 Å². The number of nitrogens with two attached hydrogens (primary N) is 1. The van der Waals surface area contributed by atoms with Crippen LogP contribution in [-0.4, -0.2) is 27.5 Å². The van der Waals surface area contributed by atoms with E-state index < -0.39 is 15.9 Å². The van der Waals surface area contributed by atoms with E-state index in [9.17, 15) is 13.2 Å². The van der Waals surface area contributed by atoms with Gasteiger partial charge < -0.3 is 10.1 Å². The summed E-state index contributed by atoms with van der Waals surface area (Å²) in [5, 5.41) is 15.3. The topological polar surface area (TPSA) is 122 Å². The molecule has 1 aromatic rings. The molecule has 0 unspecified atom stereocenters. The number of carbonyl (C=O) groups excluding carboxylic acids is 1. The molecule has 0 saturated carbocycles. The third-order valence-electron chi connectivity index (χ3n) is 2.24. The summed E-state index contributed by atoms with van der Waals surface area (Å²) in [5.74, 6) is -0.405. The summed E-state index contributed by atoms with van der Waals surface area (Å²) in [7, 11) is -4.00. The number of ether oxygens (including phenoxy) is 1. The van der Waals surface area contributed by atoms with Gasteiger partial charge in [-0.05, 0) is 12.1 Å². The highest BCUT2D eigenvalue weighted by atomic mass is 35.5. The zero-order valence-electron chi connectivity index (χ0n) is 10.6. The number of carbonyl (C=O) groups is 1. The number of nitrogens with zero attached hydrogens (tertiary/aromatic N) is 1. The minimum atomic E-state index is -4.00. The lowest BCUT2D eigenvalue weighted by Crippen LogP contribution is -2.29. The van der Waals surface area contributed by atoms with E-state index in [0.717, 1.165) is 6.07 Å². The fourth-order valence-electron chi connectivity index (χ4n) is 1.30. The van der Waals surface area contributed by atoms with Gasteiger partial charge in [0.1, 0.15) is 15.7 Å². The molecule has 1 rings (SSSR count). The first kappa shape index (κ1) is 17.5. The molecule has 21 heavy (non-hydrogen) atoms. The molecule has 0 aliphatic heterocycles. The number of sulfonamides is 1. The summed E-state index contributed by atoms with van der Waals surface area (Å²) in [6.45, 7) is -0.145. The highest BCUT2D eigenvalue weighted by molar-refractivity contribution is 7.89. The summed E-state index contributed by atoms with van der Waals surface area (Å²) in [4.78, 5) is 11.0. The summed E-state index contributed by atoms with van der Waals surface area (Å²) in [6.07, 6.45) is 0.182. The van der Waals surface area contributed by atoms with Crippen LogP contribution in [0.3, 0.4) is 0 Å². The highest BCUT2D eigenvalue weighted by Crippen LogP contribution is 2.36. The average molecular weight is 352 g/mol. The van der Waals surface area contributed by atoms with Gasteiger partial charge in [0.2, 0.25) is 10.0 Å². The van der Waals surface area contributed by atoms with Gasteiger partial charge >= 0.3 is 0 Å². The van der Waals surface area contributed by atoms with E-state index in [1.165, 1.54) is 6.07 Å². The van der Waals surface area contributed by atoms with E-state index in [-0.39, 0.29) is 40.3 Å². The van der Waals surface area contributed by atoms with Crippen LogP contribution in [0.2, 0.25) is 10.0 Å². The van der Waals surface area contributed by atoms with E-state index in [4.69, 9.17) is 38.3 Å². The number of benzene rings is 1. The van der Waals surface area contributed by atoms with Crippen LogP contribution in [0.25, 0.3) is 0 Å². The SMILES string of the molecule is N#CCCNC(=O)COc1ccc(S(N)(=O)=O)c(Cl)c1Cl. The largest absolute Gasteiger partial charge is 0.482 e. The van der Waals surface area contributed by atoms with Gasteiger partial charge in [-0.3, -0.25) is 4.79 Å². The second-order valence-electron chi connectivity index (χ2n) is 3.78. The standard InChI is InChI=1S/C11H11Cl2N3O4S/c12-10-7(20-6-9(17)16-5-1-4-14)2-3-8(11(10)13)21(15,18)19/h2-3H,1,5-6H2,(H,16,17)(H2,15,18,19). The molecule has 1 amide bonds. The number of hydrogen-bond acceptors (Lipinski definition) is 5. The van der Waals surface area contributed by atoms with E-state index >= 15 is 0 Å². The summed E-state index contributed by atoms with van der Waals surface area (Å²) in [6, 6.07) is 4.25. The Hall–Kier alpha value is -1.53. The van der Waals surface area contributed by atoms with Crippen molar-refractivity contribution in [3.8, 4) is 11.8 Å². The third-order valence-corrected chi connectivity index (χ3v) is 4.17. The first-order chi connectivity index (χ1) is 9.77. The Morgan fingerprint density at radius 2 is 2.05 bits per heavy atom. The number of rotatable bonds is 6. The van der Waals surface area contributed by atoms with Crippen molar-refractivity contribution in [1.29, 1.82) is 5.26 Å². The average Bonchev–Trinajstić information content (AvgIpc) is 2.39. The van der Waals surface area contributed by atoms with Gasteiger partial charge in [0.25, 0.3) is 5.91 Å². The maximum atomic E-state index is 11.4. The molecule has 0 aliphatic carbocycles. The molecule has 0 fully saturated rings. The number of nitrogens with one attached hydrogen (secondary N) is 1. The second kappa shape index (κ2) is 7.47. The fourth-order valence-corrected chi connectivity index (χ4v) is 2.66. The molecule has 0 spiro atoms. The van der Waals surface area contributed by atoms with Crippen LogP contribution in [0, 0.1) is 11.3 Å². The zero-order valence-corrected chi connectivity index (χ0v) is 12.9. The molecule has 0 heterocycles. The Kier molecular flexibility index (Phi) is 6.23. The summed E-state index contributed by atoms with van der Waals surface area (Å²) < 4.78 is 27.6. The molecule has 0 aliphatic rings. The Labute approximate surface area is 131 Å². The van der Waals surface area contributed by atoms with Gasteiger partial charge in [0, 0.05) is 6.54 Å². The Morgan fingerprint density at radius 3 is 2.62 bits per heavy atom. The Bertz CT molecular complexity index is 685. The molecule has 1 aromatic carbocycles. The normalized spacial score (nSPS) is 10.8. The van der Waals surface area contributed by atoms with Crippen molar-refractivity contribution in [2.75, 3.05) is 13.2 Å². The van der Waals surface area contributed by atoms with E-state index in [1.807, 2.05) is 6.07 Å². The monoisotopic (exact) mass is 351 g/mol. The number of halogens is 2. The number of hydrogen-bond donors (Lipinski definition) is 2. The van der Waals surface area contributed by atoms with Crippen molar-refractivity contribution in [3.63, 3.8) is 0 Å². The molecule has 10 heteroatoms. The Balaban J connectivity index is 2.76. The van der Waals surface area contributed by atoms with Crippen molar-refractivity contribution in [1.82, 2.24) is 5.32 Å². The number of amides is 1. The summed E-state index contributed by atoms with van der Waals surface area (Å²) >= 11 is 11.7. The van der Waals surface area contributed by atoms with Crippen LogP contribution >= 0.6 is 23.2 Å². The van der Waals surface area contributed by atoms with Gasteiger partial charge in [-0.1, -0.05) is 23.2 Å². The summed E-state index contributed by atoms with van der Waals surface area (Å²) in [5.41, 5.74) is 0. The first-order valence-electron chi connectivity index (χ1n) is 5.54. The highest BCUT2D eigenvalue weighted by Gasteiger charge is 2.19. The smallest absolute Gasteiger partial charge is 0.257 e. The molecule has 0 bridgehead atoms. The zero-order chi connectivity index (χ0) is 16.0. The molecule has 0 saturated heterocycles. The molecular weight excluding hydrogens is 341 g/mol. The lowest BCUT2D eigenvalue weighted by molar-refractivity contribution is -0.123. The maximum Gasteiger partial charge on any atom is 0.257 e. The molecule has 114 valence electrons. The van der Waals surface area contributed by atoms with Crippen molar-refractivity contribution in [2.24, 2.45) is 5.14 Å². The molecule has 7 nitrogen and oxygen atoms in total. The van der Waals surface area contributed by atoms with Gasteiger partial charge in [-0.2, -0.15) is 5.26 Å². The van der Waals surface area contributed by atoms with Gasteiger partial charge in [0.15, 0.2) is 6.61 Å². The number of nitriles is 1. The minimum Gasteiger partial charge on any atom is -0.482 e. The van der Waals surface area contributed by atoms with Crippen molar-refractivity contribution >= 4 is 39.1 Å². The molecule has 0 atom stereocenters. The van der Waals surface area contributed by atoms with Crippen LogP contribution in [0.4, 0.5) is 0 Å². The number of primary sulfonamides is 1. The van der Waals surface area contributed by atoms with E-state index in [0.29, 0.717) is 0 Å². The second-order valence-corrected chi connectivity index (χ2v) is 6.07. The van der Waals surface area contributed by atoms with Crippen LogP contribution in [0.15, 0.2) is 17.0 Å². The van der Waals surface area contributed by atoms with E-state index in [1.54, 1.807) is 0 Å². The van der Waals surface area contributed by atoms with Crippen LogP contribution < -0.4 is 15.2 Å². The quantitative estimate of drug-likeness (QED) is 0.741. The molecule has 0 aromatic heterocycles. The van der Waals surface area contributed by atoms with Gasteiger partial charge in [-0.25, -0.2) is 13.6 Å². The van der Waals surface area contributed by atoms with Gasteiger partial charge in [-0.15, -0.1) is 0 Å². The fraction of sp³-hybridized carbons (Fsp3) is 0.273. The van der Waals surface area contributed by atoms with Crippen LogP contribution in [0.5, 0.6) is 5.75 Å². The molecule has 3 N–H and O–H groups in total.